The van der Waals surface area contributed by atoms with Gasteiger partial charge >= 0.3 is 0 Å². The van der Waals surface area contributed by atoms with E-state index >= 15 is 0 Å². The van der Waals surface area contributed by atoms with Gasteiger partial charge in [0, 0.05) is 12.2 Å². The van der Waals surface area contributed by atoms with Crippen LogP contribution >= 0.6 is 11.6 Å². The fourth-order valence-corrected chi connectivity index (χ4v) is 5.73. The van der Waals surface area contributed by atoms with E-state index in [1.165, 1.54) is 108 Å². The van der Waals surface area contributed by atoms with Crippen molar-refractivity contribution < 1.29 is 0 Å². The zero-order valence-corrected chi connectivity index (χ0v) is 18.1. The molecule has 2 saturated carbocycles. The van der Waals surface area contributed by atoms with E-state index in [2.05, 4.69) is 15.7 Å². The summed E-state index contributed by atoms with van der Waals surface area (Å²) in [6, 6.07) is 0.566. The Labute approximate surface area is 175 Å². The smallest absolute Gasteiger partial charge is 0.145 e. The summed E-state index contributed by atoms with van der Waals surface area (Å²) in [5.41, 5.74) is 2.52. The molecule has 0 aliphatic heterocycles. The van der Waals surface area contributed by atoms with E-state index < -0.39 is 0 Å². The second kappa shape index (κ2) is 10.1. The minimum atomic E-state index is 0.566. The Morgan fingerprint density at radius 2 is 1.25 bits per heavy atom. The molecule has 4 rings (SSSR count). The third-order valence-corrected chi connectivity index (χ3v) is 7.39. The van der Waals surface area contributed by atoms with Gasteiger partial charge in [-0.25, -0.2) is 9.97 Å². The molecule has 2 aliphatic carbocycles. The zero-order chi connectivity index (χ0) is 19.2. The summed E-state index contributed by atoms with van der Waals surface area (Å²) in [6.45, 7) is 0. The Balaban J connectivity index is 1.70. The number of fused-ring (bicyclic) bond motifs is 1. The van der Waals surface area contributed by atoms with E-state index in [0.717, 1.165) is 11.0 Å². The van der Waals surface area contributed by atoms with Gasteiger partial charge in [-0.15, -0.1) is 0 Å². The topological polar surface area (TPSA) is 30.7 Å². The number of rotatable bonds is 2. The predicted molar refractivity (Wildman–Crippen MR) is 118 cm³/mol. The highest BCUT2D eigenvalue weighted by Gasteiger charge is 2.24. The summed E-state index contributed by atoms with van der Waals surface area (Å²) in [5.74, 6) is 0.613. The maximum atomic E-state index is 6.66. The van der Waals surface area contributed by atoms with Crippen LogP contribution in [0, 0.1) is 0 Å². The van der Waals surface area contributed by atoms with Crippen molar-refractivity contribution in [3.63, 3.8) is 0 Å². The molecule has 2 fully saturated rings. The van der Waals surface area contributed by atoms with Crippen LogP contribution < -0.4 is 0 Å². The van der Waals surface area contributed by atoms with Crippen LogP contribution in [0.25, 0.3) is 11.0 Å². The minimum absolute atomic E-state index is 0.566. The molecule has 0 N–H and O–H groups in total. The second-order valence-corrected chi connectivity index (χ2v) is 9.46. The number of hydrogen-bond donors (Lipinski definition) is 0. The van der Waals surface area contributed by atoms with E-state index in [4.69, 9.17) is 16.6 Å². The molecule has 0 bridgehead atoms. The first-order valence-corrected chi connectivity index (χ1v) is 12.2. The summed E-state index contributed by atoms with van der Waals surface area (Å²) in [6.07, 6.45) is 25.7. The third kappa shape index (κ3) is 4.72. The van der Waals surface area contributed by atoms with Crippen LogP contribution in [0.4, 0.5) is 0 Å². The van der Waals surface area contributed by atoms with Crippen LogP contribution in [-0.2, 0) is 0 Å². The summed E-state index contributed by atoms with van der Waals surface area (Å²) >= 11 is 6.66. The van der Waals surface area contributed by atoms with Crippen molar-refractivity contribution in [3.8, 4) is 0 Å². The van der Waals surface area contributed by atoms with E-state index in [9.17, 15) is 0 Å². The number of halogens is 1. The molecule has 3 nitrogen and oxygen atoms in total. The number of aromatic nitrogens is 3. The van der Waals surface area contributed by atoms with Crippen molar-refractivity contribution in [1.82, 2.24) is 14.5 Å². The zero-order valence-electron chi connectivity index (χ0n) is 17.3. The lowest BCUT2D eigenvalue weighted by atomic mass is 9.90. The van der Waals surface area contributed by atoms with Crippen molar-refractivity contribution in [2.45, 2.75) is 115 Å². The van der Waals surface area contributed by atoms with Crippen LogP contribution in [0.1, 0.15) is 120 Å². The Bertz CT molecular complexity index is 734. The lowest BCUT2D eigenvalue weighted by molar-refractivity contribution is 0.422. The number of hydrogen-bond acceptors (Lipinski definition) is 2. The third-order valence-electron chi connectivity index (χ3n) is 7.11. The fourth-order valence-electron chi connectivity index (χ4n) is 5.50. The first-order chi connectivity index (χ1) is 13.8. The van der Waals surface area contributed by atoms with Crippen molar-refractivity contribution in [3.05, 3.63) is 23.2 Å². The first-order valence-electron chi connectivity index (χ1n) is 11.9. The Morgan fingerprint density at radius 1 is 0.714 bits per heavy atom. The van der Waals surface area contributed by atoms with Gasteiger partial charge in [0.15, 0.2) is 0 Å². The highest BCUT2D eigenvalue weighted by Crippen LogP contribution is 2.40. The summed E-state index contributed by atoms with van der Waals surface area (Å²) in [5, 5.41) is 1.80. The molecule has 154 valence electrons. The van der Waals surface area contributed by atoms with Crippen LogP contribution in [0.15, 0.2) is 12.5 Å². The van der Waals surface area contributed by atoms with Gasteiger partial charge in [-0.2, -0.15) is 0 Å². The van der Waals surface area contributed by atoms with Gasteiger partial charge in [0.25, 0.3) is 0 Å². The van der Waals surface area contributed by atoms with Crippen molar-refractivity contribution >= 4 is 22.6 Å². The normalized spacial score (nSPS) is 22.0. The molecule has 4 heteroatoms. The fraction of sp³-hybridized carbons (Fsp3) is 0.750. The monoisotopic (exact) mass is 401 g/mol. The van der Waals surface area contributed by atoms with E-state index in [0.29, 0.717) is 17.1 Å². The molecule has 2 heterocycles. The average molecular weight is 402 g/mol. The maximum absolute atomic E-state index is 6.66. The molecule has 0 amide bonds. The molecule has 2 aromatic rings. The van der Waals surface area contributed by atoms with Gasteiger partial charge in [-0.3, -0.25) is 0 Å². The van der Waals surface area contributed by atoms with Crippen molar-refractivity contribution in [1.29, 1.82) is 0 Å². The molecule has 0 atom stereocenters. The van der Waals surface area contributed by atoms with Crippen LogP contribution in [0.3, 0.4) is 0 Å². The van der Waals surface area contributed by atoms with Crippen LogP contribution in [-0.4, -0.2) is 14.5 Å². The van der Waals surface area contributed by atoms with Gasteiger partial charge in [-0.1, -0.05) is 88.7 Å². The summed E-state index contributed by atoms with van der Waals surface area (Å²) < 4.78 is 2.50. The maximum Gasteiger partial charge on any atom is 0.145 e. The molecule has 0 radical (unpaired) electrons. The molecule has 0 unspecified atom stereocenters. The van der Waals surface area contributed by atoms with E-state index in [1.807, 2.05) is 0 Å². The minimum Gasteiger partial charge on any atom is -0.329 e. The average Bonchev–Trinajstić information content (AvgIpc) is 3.18. The van der Waals surface area contributed by atoms with Gasteiger partial charge in [0.1, 0.15) is 17.1 Å². The number of nitrogens with zero attached hydrogens (tertiary/aromatic N) is 3. The van der Waals surface area contributed by atoms with Gasteiger partial charge < -0.3 is 4.57 Å². The first kappa shape index (κ1) is 20.2. The van der Waals surface area contributed by atoms with Crippen LogP contribution in [0.2, 0.25) is 5.15 Å². The largest absolute Gasteiger partial charge is 0.329 e. The molecule has 2 aromatic heterocycles. The van der Waals surface area contributed by atoms with E-state index in [-0.39, 0.29) is 0 Å². The quantitative estimate of drug-likeness (QED) is 0.477. The summed E-state index contributed by atoms with van der Waals surface area (Å²) in [7, 11) is 0. The van der Waals surface area contributed by atoms with Gasteiger partial charge in [0.05, 0.1) is 5.39 Å². The molecular formula is C24H36ClN3. The van der Waals surface area contributed by atoms with Crippen molar-refractivity contribution in [2.75, 3.05) is 0 Å². The lowest BCUT2D eigenvalue weighted by Crippen LogP contribution is -2.09. The Hall–Kier alpha value is -1.09. The lowest BCUT2D eigenvalue weighted by Gasteiger charge is -2.19. The van der Waals surface area contributed by atoms with Crippen LogP contribution in [0.5, 0.6) is 0 Å². The highest BCUT2D eigenvalue weighted by atomic mass is 35.5. The molecule has 0 aromatic carbocycles. The second-order valence-electron chi connectivity index (χ2n) is 9.10. The summed E-state index contributed by atoms with van der Waals surface area (Å²) in [4.78, 5) is 9.11. The molecule has 28 heavy (non-hydrogen) atoms. The highest BCUT2D eigenvalue weighted by molar-refractivity contribution is 6.34. The predicted octanol–water partition coefficient (Wildman–Crippen LogP) is 7.98. The Kier molecular flexibility index (Phi) is 7.28. The molecular weight excluding hydrogens is 366 g/mol. The standard InChI is InChI=1S/C24H36ClN3/c25-23-22-21(19-13-9-5-1-2-6-10-14-19)17-28(24(22)27-18-26-23)20-15-11-7-3-4-8-12-16-20/h17-20H,1-16H2. The SMILES string of the molecule is Clc1ncnc2c1c(C1CCCCCCCC1)cn2C1CCCCCCCC1. The van der Waals surface area contributed by atoms with Crippen molar-refractivity contribution in [2.24, 2.45) is 0 Å². The Morgan fingerprint density at radius 3 is 1.86 bits per heavy atom. The van der Waals surface area contributed by atoms with E-state index in [1.54, 1.807) is 6.33 Å². The van der Waals surface area contributed by atoms with Gasteiger partial charge in [0.2, 0.25) is 0 Å². The molecule has 2 aliphatic rings. The van der Waals surface area contributed by atoms with Gasteiger partial charge in [-0.05, 0) is 37.2 Å². The molecule has 0 spiro atoms. The molecule has 0 saturated heterocycles.